The van der Waals surface area contributed by atoms with Crippen molar-refractivity contribution in [3.63, 3.8) is 0 Å². The molecule has 1 atom stereocenters. The first kappa shape index (κ1) is 12.2. The second kappa shape index (κ2) is 5.28. The number of carbonyl (C=O) groups excluding carboxylic acids is 1. The summed E-state index contributed by atoms with van der Waals surface area (Å²) < 4.78 is 5.29. The van der Waals surface area contributed by atoms with E-state index < -0.39 is 5.91 Å². The molecule has 1 aromatic rings. The van der Waals surface area contributed by atoms with Crippen LogP contribution in [0, 0.1) is 18.3 Å². The molecule has 1 heterocycles. The van der Waals surface area contributed by atoms with Gasteiger partial charge in [0.2, 0.25) is 5.89 Å². The van der Waals surface area contributed by atoms with Crippen molar-refractivity contribution in [3.8, 4) is 6.07 Å². The third kappa shape index (κ3) is 2.58. The number of nitrogens with zero attached hydrogens (tertiary/aromatic N) is 2. The maximum absolute atomic E-state index is 11.5. The van der Waals surface area contributed by atoms with Gasteiger partial charge in [-0.25, -0.2) is 4.98 Å². The number of oxazole rings is 1. The molecule has 0 spiro atoms. The minimum absolute atomic E-state index is 0.0553. The number of amides is 1. The molecule has 0 aliphatic rings. The van der Waals surface area contributed by atoms with Gasteiger partial charge in [-0.3, -0.25) is 4.79 Å². The number of hydrogen-bond donors (Lipinski definition) is 2. The molecular formula is C10H14N4O2. The second-order valence-corrected chi connectivity index (χ2v) is 3.31. The number of aryl methyl sites for hydroxylation is 1. The maximum atomic E-state index is 11.5. The standard InChI is InChI=1S/C10H14N4O2/c1-3-7(12)10-14-8(6(2)16-10)9(15)13-5-4-11/h7H,3,5,12H2,1-2H3,(H,13,15). The lowest BCUT2D eigenvalue weighted by atomic mass is 10.2. The van der Waals surface area contributed by atoms with Crippen LogP contribution in [-0.2, 0) is 0 Å². The highest BCUT2D eigenvalue weighted by Crippen LogP contribution is 2.16. The molecule has 86 valence electrons. The lowest BCUT2D eigenvalue weighted by Gasteiger charge is -2.00. The van der Waals surface area contributed by atoms with E-state index in [1.807, 2.05) is 13.0 Å². The van der Waals surface area contributed by atoms with E-state index in [4.69, 9.17) is 15.4 Å². The van der Waals surface area contributed by atoms with Gasteiger partial charge >= 0.3 is 0 Å². The quantitative estimate of drug-likeness (QED) is 0.727. The number of nitrogens with one attached hydrogen (secondary N) is 1. The van der Waals surface area contributed by atoms with Gasteiger partial charge in [0.15, 0.2) is 5.69 Å². The zero-order chi connectivity index (χ0) is 12.1. The molecule has 0 saturated carbocycles. The van der Waals surface area contributed by atoms with Gasteiger partial charge < -0.3 is 15.5 Å². The van der Waals surface area contributed by atoms with E-state index in [1.165, 1.54) is 0 Å². The van der Waals surface area contributed by atoms with Gasteiger partial charge in [-0.2, -0.15) is 5.26 Å². The lowest BCUT2D eigenvalue weighted by molar-refractivity contribution is 0.0952. The van der Waals surface area contributed by atoms with E-state index in [0.717, 1.165) is 0 Å². The highest BCUT2D eigenvalue weighted by molar-refractivity contribution is 5.93. The Morgan fingerprint density at radius 2 is 2.44 bits per heavy atom. The average Bonchev–Trinajstić information content (AvgIpc) is 2.67. The smallest absolute Gasteiger partial charge is 0.274 e. The van der Waals surface area contributed by atoms with E-state index in [1.54, 1.807) is 6.92 Å². The van der Waals surface area contributed by atoms with Crippen LogP contribution in [0.2, 0.25) is 0 Å². The summed E-state index contributed by atoms with van der Waals surface area (Å²) >= 11 is 0. The SMILES string of the molecule is CCC(N)c1nc(C(=O)NCC#N)c(C)o1. The van der Waals surface area contributed by atoms with Crippen LogP contribution in [0.4, 0.5) is 0 Å². The zero-order valence-corrected chi connectivity index (χ0v) is 9.28. The van der Waals surface area contributed by atoms with Crippen LogP contribution < -0.4 is 11.1 Å². The largest absolute Gasteiger partial charge is 0.443 e. The molecule has 0 fully saturated rings. The van der Waals surface area contributed by atoms with Crippen molar-refractivity contribution < 1.29 is 9.21 Å². The van der Waals surface area contributed by atoms with E-state index in [2.05, 4.69) is 10.3 Å². The molecule has 3 N–H and O–H groups in total. The molecule has 1 amide bonds. The van der Waals surface area contributed by atoms with Gasteiger partial charge in [0, 0.05) is 0 Å². The lowest BCUT2D eigenvalue weighted by Crippen LogP contribution is -2.24. The highest BCUT2D eigenvalue weighted by Gasteiger charge is 2.19. The molecule has 0 aromatic carbocycles. The van der Waals surface area contributed by atoms with Gasteiger partial charge in [-0.05, 0) is 13.3 Å². The van der Waals surface area contributed by atoms with Crippen LogP contribution in [0.25, 0.3) is 0 Å². The number of carbonyl (C=O) groups is 1. The molecular weight excluding hydrogens is 208 g/mol. The Morgan fingerprint density at radius 3 is 3.00 bits per heavy atom. The molecule has 1 aromatic heterocycles. The van der Waals surface area contributed by atoms with Crippen molar-refractivity contribution in [1.82, 2.24) is 10.3 Å². The zero-order valence-electron chi connectivity index (χ0n) is 9.28. The average molecular weight is 222 g/mol. The van der Waals surface area contributed by atoms with Crippen molar-refractivity contribution in [2.45, 2.75) is 26.3 Å². The topological polar surface area (TPSA) is 105 Å². The van der Waals surface area contributed by atoms with Crippen LogP contribution in [0.15, 0.2) is 4.42 Å². The van der Waals surface area contributed by atoms with Crippen LogP contribution in [-0.4, -0.2) is 17.4 Å². The summed E-state index contributed by atoms with van der Waals surface area (Å²) in [5, 5.41) is 10.7. The van der Waals surface area contributed by atoms with Gasteiger partial charge in [0.1, 0.15) is 12.3 Å². The number of rotatable bonds is 4. The number of nitriles is 1. The Balaban J connectivity index is 2.85. The summed E-state index contributed by atoms with van der Waals surface area (Å²) in [6.07, 6.45) is 0.680. The Hall–Kier alpha value is -1.87. The van der Waals surface area contributed by atoms with Crippen molar-refractivity contribution in [3.05, 3.63) is 17.3 Å². The van der Waals surface area contributed by atoms with Gasteiger partial charge in [0.05, 0.1) is 12.1 Å². The Morgan fingerprint density at radius 1 is 1.75 bits per heavy atom. The van der Waals surface area contributed by atoms with Gasteiger partial charge in [-0.1, -0.05) is 6.92 Å². The first-order valence-electron chi connectivity index (χ1n) is 4.98. The van der Waals surface area contributed by atoms with Crippen molar-refractivity contribution >= 4 is 5.91 Å². The minimum atomic E-state index is -0.419. The van der Waals surface area contributed by atoms with Crippen LogP contribution in [0.5, 0.6) is 0 Å². The summed E-state index contributed by atoms with van der Waals surface area (Å²) in [7, 11) is 0. The van der Waals surface area contributed by atoms with E-state index in [0.29, 0.717) is 18.1 Å². The van der Waals surface area contributed by atoms with Gasteiger partial charge in [0.25, 0.3) is 5.91 Å². The summed E-state index contributed by atoms with van der Waals surface area (Å²) in [4.78, 5) is 15.5. The van der Waals surface area contributed by atoms with Crippen LogP contribution in [0.3, 0.4) is 0 Å². The molecule has 1 rings (SSSR count). The summed E-state index contributed by atoms with van der Waals surface area (Å²) in [6, 6.07) is 1.50. The van der Waals surface area contributed by atoms with Gasteiger partial charge in [-0.15, -0.1) is 0 Å². The first-order chi connectivity index (χ1) is 7.60. The molecule has 16 heavy (non-hydrogen) atoms. The van der Waals surface area contributed by atoms with Crippen molar-refractivity contribution in [1.29, 1.82) is 5.26 Å². The Kier molecular flexibility index (Phi) is 4.03. The normalized spacial score (nSPS) is 11.9. The van der Waals surface area contributed by atoms with Crippen molar-refractivity contribution in [2.75, 3.05) is 6.54 Å². The summed E-state index contributed by atoms with van der Waals surface area (Å²) in [6.45, 7) is 3.49. The third-order valence-electron chi connectivity index (χ3n) is 2.11. The molecule has 6 heteroatoms. The van der Waals surface area contributed by atoms with E-state index in [9.17, 15) is 4.79 Å². The maximum Gasteiger partial charge on any atom is 0.274 e. The molecule has 0 saturated heterocycles. The van der Waals surface area contributed by atoms with Crippen LogP contribution >= 0.6 is 0 Å². The number of hydrogen-bond acceptors (Lipinski definition) is 5. The Bertz CT molecular complexity index is 419. The monoisotopic (exact) mass is 222 g/mol. The molecule has 0 bridgehead atoms. The molecule has 1 unspecified atom stereocenters. The first-order valence-corrected chi connectivity index (χ1v) is 4.98. The minimum Gasteiger partial charge on any atom is -0.443 e. The molecule has 0 aliphatic carbocycles. The fourth-order valence-corrected chi connectivity index (χ4v) is 1.16. The molecule has 6 nitrogen and oxygen atoms in total. The predicted octanol–water partition coefficient (Wildman–Crippen LogP) is 0.646. The summed E-state index contributed by atoms with van der Waals surface area (Å²) in [5.74, 6) is 0.341. The number of aromatic nitrogens is 1. The van der Waals surface area contributed by atoms with Crippen LogP contribution in [0.1, 0.15) is 41.5 Å². The number of nitrogens with two attached hydrogens (primary N) is 1. The van der Waals surface area contributed by atoms with E-state index >= 15 is 0 Å². The highest BCUT2D eigenvalue weighted by atomic mass is 16.4. The predicted molar refractivity (Wildman–Crippen MR) is 56.4 cm³/mol. The molecule has 0 radical (unpaired) electrons. The third-order valence-corrected chi connectivity index (χ3v) is 2.11. The van der Waals surface area contributed by atoms with Crippen molar-refractivity contribution in [2.24, 2.45) is 5.73 Å². The summed E-state index contributed by atoms with van der Waals surface area (Å²) in [5.41, 5.74) is 5.93. The fraction of sp³-hybridized carbons (Fsp3) is 0.500. The van der Waals surface area contributed by atoms with E-state index in [-0.39, 0.29) is 18.3 Å². The second-order valence-electron chi connectivity index (χ2n) is 3.31. The Labute approximate surface area is 93.4 Å². The fourth-order valence-electron chi connectivity index (χ4n) is 1.16. The molecule has 0 aliphatic heterocycles.